The summed E-state index contributed by atoms with van der Waals surface area (Å²) in [5.41, 5.74) is -0.0471. The molecule has 1 heterocycles. The van der Waals surface area contributed by atoms with E-state index in [0.717, 1.165) is 26.1 Å². The van der Waals surface area contributed by atoms with Gasteiger partial charge in [-0.3, -0.25) is 4.90 Å². The van der Waals surface area contributed by atoms with Gasteiger partial charge in [-0.2, -0.15) is 0 Å². The summed E-state index contributed by atoms with van der Waals surface area (Å²) in [6.45, 7) is 9.20. The monoisotopic (exact) mass is 249 g/mol. The molecule has 1 aliphatic rings. The number of halogens is 1. The van der Waals surface area contributed by atoms with Gasteiger partial charge >= 0.3 is 0 Å². The maximum atomic E-state index is 5.83. The molecule has 1 rings (SSSR count). The Bertz CT molecular complexity index is 211. The molecule has 1 saturated heterocycles. The number of hydrogen-bond donors (Lipinski definition) is 0. The molecule has 0 aromatic carbocycles. The number of ether oxygens (including phenoxy) is 2. The first-order valence-electron chi connectivity index (χ1n) is 5.95. The highest BCUT2D eigenvalue weighted by Crippen LogP contribution is 2.18. The second-order valence-corrected chi connectivity index (χ2v) is 5.48. The summed E-state index contributed by atoms with van der Waals surface area (Å²) in [5, 5.41) is 0. The van der Waals surface area contributed by atoms with Crippen molar-refractivity contribution in [1.29, 1.82) is 0 Å². The highest BCUT2D eigenvalue weighted by Gasteiger charge is 2.27. The Balaban J connectivity index is 2.39. The molecule has 0 bridgehead atoms. The van der Waals surface area contributed by atoms with Gasteiger partial charge in [-0.1, -0.05) is 0 Å². The Morgan fingerprint density at radius 1 is 1.50 bits per heavy atom. The molecule has 2 unspecified atom stereocenters. The van der Waals surface area contributed by atoms with E-state index >= 15 is 0 Å². The SMILES string of the molecule is COC(C)(C)CCN1CC(CCl)OCC1C. The summed E-state index contributed by atoms with van der Waals surface area (Å²) >= 11 is 5.83. The quantitative estimate of drug-likeness (QED) is 0.697. The first kappa shape index (κ1) is 14.2. The second-order valence-electron chi connectivity index (χ2n) is 5.17. The van der Waals surface area contributed by atoms with Gasteiger partial charge in [-0.25, -0.2) is 0 Å². The number of methoxy groups -OCH3 is 1. The van der Waals surface area contributed by atoms with Gasteiger partial charge in [0.05, 0.1) is 18.3 Å². The number of rotatable bonds is 5. The van der Waals surface area contributed by atoms with Gasteiger partial charge in [0, 0.05) is 32.1 Å². The van der Waals surface area contributed by atoms with Crippen molar-refractivity contribution in [2.24, 2.45) is 0 Å². The van der Waals surface area contributed by atoms with Crippen LogP contribution < -0.4 is 0 Å². The molecule has 0 saturated carbocycles. The van der Waals surface area contributed by atoms with Crippen molar-refractivity contribution in [2.45, 2.75) is 44.9 Å². The van der Waals surface area contributed by atoms with Crippen molar-refractivity contribution in [2.75, 3.05) is 32.7 Å². The third-order valence-corrected chi connectivity index (χ3v) is 3.70. The molecule has 0 spiro atoms. The first-order chi connectivity index (χ1) is 7.48. The Morgan fingerprint density at radius 2 is 2.19 bits per heavy atom. The van der Waals surface area contributed by atoms with Crippen molar-refractivity contribution in [3.63, 3.8) is 0 Å². The van der Waals surface area contributed by atoms with Gasteiger partial charge in [-0.05, 0) is 27.2 Å². The molecule has 3 nitrogen and oxygen atoms in total. The van der Waals surface area contributed by atoms with Crippen LogP contribution >= 0.6 is 11.6 Å². The Labute approximate surface area is 104 Å². The highest BCUT2D eigenvalue weighted by molar-refractivity contribution is 6.18. The summed E-state index contributed by atoms with van der Waals surface area (Å²) in [5.74, 6) is 0.580. The van der Waals surface area contributed by atoms with Crippen molar-refractivity contribution in [3.8, 4) is 0 Å². The average Bonchev–Trinajstić information content (AvgIpc) is 2.28. The predicted octanol–water partition coefficient (Wildman–Crippen LogP) is 2.13. The lowest BCUT2D eigenvalue weighted by molar-refractivity contribution is -0.0598. The molecule has 4 heteroatoms. The molecule has 1 fully saturated rings. The maximum absolute atomic E-state index is 5.83. The minimum Gasteiger partial charge on any atom is -0.379 e. The molecule has 0 N–H and O–H groups in total. The van der Waals surface area contributed by atoms with Crippen molar-refractivity contribution in [1.82, 2.24) is 4.90 Å². The fourth-order valence-corrected chi connectivity index (χ4v) is 1.98. The summed E-state index contributed by atoms with van der Waals surface area (Å²) < 4.78 is 11.1. The smallest absolute Gasteiger partial charge is 0.0837 e. The fourth-order valence-electron chi connectivity index (χ4n) is 1.79. The molecule has 1 aliphatic heterocycles. The van der Waals surface area contributed by atoms with Crippen molar-refractivity contribution < 1.29 is 9.47 Å². The zero-order valence-electron chi connectivity index (χ0n) is 10.8. The van der Waals surface area contributed by atoms with E-state index in [4.69, 9.17) is 21.1 Å². The summed E-state index contributed by atoms with van der Waals surface area (Å²) in [6, 6.07) is 0.479. The standard InChI is InChI=1S/C12H24ClNO2/c1-10-9-16-11(7-13)8-14(10)6-5-12(2,3)15-4/h10-11H,5-9H2,1-4H3. The van der Waals surface area contributed by atoms with Gasteiger partial charge in [0.1, 0.15) is 0 Å². The van der Waals surface area contributed by atoms with E-state index < -0.39 is 0 Å². The van der Waals surface area contributed by atoms with Crippen LogP contribution in [0.15, 0.2) is 0 Å². The summed E-state index contributed by atoms with van der Waals surface area (Å²) in [7, 11) is 1.77. The van der Waals surface area contributed by atoms with Gasteiger partial charge in [0.25, 0.3) is 0 Å². The lowest BCUT2D eigenvalue weighted by atomic mass is 10.0. The Hall–Kier alpha value is 0.170. The van der Waals surface area contributed by atoms with Crippen LogP contribution in [-0.4, -0.2) is 55.3 Å². The lowest BCUT2D eigenvalue weighted by Crippen LogP contribution is -2.50. The van der Waals surface area contributed by atoms with Crippen molar-refractivity contribution >= 4 is 11.6 Å². The molecule has 0 aromatic heterocycles. The van der Waals surface area contributed by atoms with Crippen LogP contribution in [0.4, 0.5) is 0 Å². The molecular formula is C12H24ClNO2. The van der Waals surface area contributed by atoms with Crippen LogP contribution in [0.5, 0.6) is 0 Å². The lowest BCUT2D eigenvalue weighted by Gasteiger charge is -2.38. The molecule has 0 aliphatic carbocycles. The zero-order valence-corrected chi connectivity index (χ0v) is 11.6. The van der Waals surface area contributed by atoms with E-state index in [1.54, 1.807) is 7.11 Å². The van der Waals surface area contributed by atoms with E-state index in [1.165, 1.54) is 0 Å². The van der Waals surface area contributed by atoms with Gasteiger partial charge in [-0.15, -0.1) is 11.6 Å². The van der Waals surface area contributed by atoms with Crippen molar-refractivity contribution in [3.05, 3.63) is 0 Å². The molecule has 0 amide bonds. The second kappa shape index (κ2) is 6.20. The Kier molecular flexibility index (Phi) is 5.51. The third-order valence-electron chi connectivity index (χ3n) is 3.36. The van der Waals surface area contributed by atoms with Crippen LogP contribution in [0.25, 0.3) is 0 Å². The van der Waals surface area contributed by atoms with Crippen LogP contribution in [0.2, 0.25) is 0 Å². The van der Waals surface area contributed by atoms with Crippen LogP contribution in [-0.2, 0) is 9.47 Å². The van der Waals surface area contributed by atoms with Crippen LogP contribution in [0.1, 0.15) is 27.2 Å². The molecule has 0 aromatic rings. The van der Waals surface area contributed by atoms with E-state index in [2.05, 4.69) is 25.7 Å². The Morgan fingerprint density at radius 3 is 2.75 bits per heavy atom. The van der Waals surface area contributed by atoms with E-state index in [1.807, 2.05) is 0 Å². The molecule has 2 atom stereocenters. The summed E-state index contributed by atoms with van der Waals surface area (Å²) in [6.07, 6.45) is 1.21. The number of morpholine rings is 1. The maximum Gasteiger partial charge on any atom is 0.0837 e. The predicted molar refractivity (Wildman–Crippen MR) is 67.2 cm³/mol. The largest absolute Gasteiger partial charge is 0.379 e. The highest BCUT2D eigenvalue weighted by atomic mass is 35.5. The van der Waals surface area contributed by atoms with Gasteiger partial charge < -0.3 is 9.47 Å². The minimum atomic E-state index is -0.0471. The first-order valence-corrected chi connectivity index (χ1v) is 6.48. The average molecular weight is 250 g/mol. The van der Waals surface area contributed by atoms with Gasteiger partial charge in [0.15, 0.2) is 0 Å². The molecule has 96 valence electrons. The van der Waals surface area contributed by atoms with E-state index in [0.29, 0.717) is 11.9 Å². The van der Waals surface area contributed by atoms with Crippen LogP contribution in [0, 0.1) is 0 Å². The topological polar surface area (TPSA) is 21.7 Å². The normalized spacial score (nSPS) is 28.3. The minimum absolute atomic E-state index is 0.0471. The van der Waals surface area contributed by atoms with Gasteiger partial charge in [0.2, 0.25) is 0 Å². The zero-order chi connectivity index (χ0) is 12.2. The summed E-state index contributed by atoms with van der Waals surface area (Å²) in [4.78, 5) is 2.44. The molecule has 0 radical (unpaired) electrons. The third kappa shape index (κ3) is 4.21. The molecular weight excluding hydrogens is 226 g/mol. The number of hydrogen-bond acceptors (Lipinski definition) is 3. The van der Waals surface area contributed by atoms with E-state index in [9.17, 15) is 0 Å². The van der Waals surface area contributed by atoms with E-state index in [-0.39, 0.29) is 11.7 Å². The fraction of sp³-hybridized carbons (Fsp3) is 1.00. The number of nitrogens with zero attached hydrogens (tertiary/aromatic N) is 1. The van der Waals surface area contributed by atoms with Crippen LogP contribution in [0.3, 0.4) is 0 Å². The molecule has 16 heavy (non-hydrogen) atoms. The number of alkyl halides is 1.